The van der Waals surface area contributed by atoms with Crippen LogP contribution in [0.2, 0.25) is 0 Å². The topological polar surface area (TPSA) is 62.4 Å². The minimum absolute atomic E-state index is 0.348. The van der Waals surface area contributed by atoms with Crippen molar-refractivity contribution in [1.82, 2.24) is 10.2 Å². The van der Waals surface area contributed by atoms with Crippen molar-refractivity contribution in [3.63, 3.8) is 0 Å². The molecular formula is C11H11N3O2. The molecule has 0 atom stereocenters. The van der Waals surface area contributed by atoms with Crippen LogP contribution in [0, 0.1) is 0 Å². The van der Waals surface area contributed by atoms with Gasteiger partial charge in [-0.25, -0.2) is 0 Å². The Labute approximate surface area is 92.3 Å². The molecule has 0 bridgehead atoms. The first-order valence-corrected chi connectivity index (χ1v) is 5.11. The Morgan fingerprint density at radius 1 is 1.38 bits per heavy atom. The normalized spacial score (nSPS) is 14.2. The summed E-state index contributed by atoms with van der Waals surface area (Å²) in [5.74, 6) is 0.348. The molecule has 2 aromatic rings. The van der Waals surface area contributed by atoms with Crippen LogP contribution >= 0.6 is 0 Å². The van der Waals surface area contributed by atoms with Gasteiger partial charge in [0, 0.05) is 24.8 Å². The zero-order chi connectivity index (χ0) is 11.1. The molecule has 3 rings (SSSR count). The van der Waals surface area contributed by atoms with E-state index in [-0.39, 0.29) is 0 Å². The molecule has 5 nitrogen and oxygen atoms in total. The lowest BCUT2D eigenvalue weighted by Crippen LogP contribution is -2.12. The van der Waals surface area contributed by atoms with Crippen molar-refractivity contribution in [3.8, 4) is 17.5 Å². The molecule has 0 spiro atoms. The van der Waals surface area contributed by atoms with E-state index in [1.165, 1.54) is 11.3 Å². The number of benzene rings is 1. The van der Waals surface area contributed by atoms with Crippen molar-refractivity contribution in [1.29, 1.82) is 0 Å². The number of nitrogens with zero attached hydrogens (tertiary/aromatic N) is 3. The van der Waals surface area contributed by atoms with Gasteiger partial charge in [-0.15, -0.1) is 5.10 Å². The number of rotatable bonds is 1. The molecule has 2 heterocycles. The summed E-state index contributed by atoms with van der Waals surface area (Å²) in [5, 5.41) is 16.2. The molecule has 1 aliphatic heterocycles. The largest absolute Gasteiger partial charge is 0.465 e. The van der Waals surface area contributed by atoms with Crippen LogP contribution < -0.4 is 4.90 Å². The van der Waals surface area contributed by atoms with Crippen molar-refractivity contribution in [3.05, 3.63) is 23.8 Å². The fourth-order valence-electron chi connectivity index (χ4n) is 2.00. The Balaban J connectivity index is 2.07. The summed E-state index contributed by atoms with van der Waals surface area (Å²) >= 11 is 0. The first-order valence-electron chi connectivity index (χ1n) is 5.11. The second-order valence-electron chi connectivity index (χ2n) is 3.90. The minimum Gasteiger partial charge on any atom is -0.465 e. The predicted octanol–water partition coefficient (Wildman–Crippen LogP) is 1.43. The highest BCUT2D eigenvalue weighted by Crippen LogP contribution is 2.31. The molecule has 0 amide bonds. The summed E-state index contributed by atoms with van der Waals surface area (Å²) in [6.45, 7) is 1.04. The number of likely N-dealkylation sites (N-methyl/N-ethyl adjacent to an activating group) is 1. The molecule has 5 heteroatoms. The van der Waals surface area contributed by atoms with Crippen LogP contribution in [-0.4, -0.2) is 28.9 Å². The van der Waals surface area contributed by atoms with E-state index >= 15 is 0 Å². The SMILES string of the molecule is CN1CCc2ccc(-c3nnc(O)o3)cc21. The van der Waals surface area contributed by atoms with E-state index in [1.807, 2.05) is 12.1 Å². The molecule has 1 aromatic carbocycles. The van der Waals surface area contributed by atoms with Crippen LogP contribution in [0.5, 0.6) is 6.08 Å². The summed E-state index contributed by atoms with van der Waals surface area (Å²) in [6.07, 6.45) is 0.671. The van der Waals surface area contributed by atoms with Crippen LogP contribution in [-0.2, 0) is 6.42 Å². The van der Waals surface area contributed by atoms with Crippen molar-refractivity contribution in [2.24, 2.45) is 0 Å². The van der Waals surface area contributed by atoms with E-state index in [9.17, 15) is 0 Å². The Kier molecular flexibility index (Phi) is 1.86. The summed E-state index contributed by atoms with van der Waals surface area (Å²) in [4.78, 5) is 2.19. The lowest BCUT2D eigenvalue weighted by Gasteiger charge is -2.11. The second kappa shape index (κ2) is 3.23. The smallest absolute Gasteiger partial charge is 0.412 e. The number of anilines is 1. The van der Waals surface area contributed by atoms with Crippen LogP contribution in [0.25, 0.3) is 11.5 Å². The zero-order valence-electron chi connectivity index (χ0n) is 8.84. The Bertz CT molecular complexity index is 536. The standard InChI is InChI=1S/C11H11N3O2/c1-14-5-4-7-2-3-8(6-9(7)14)10-12-13-11(15)16-10/h2-3,6H,4-5H2,1H3,(H,13,15). The Morgan fingerprint density at radius 3 is 3.00 bits per heavy atom. The van der Waals surface area contributed by atoms with Gasteiger partial charge in [-0.2, -0.15) is 0 Å². The van der Waals surface area contributed by atoms with E-state index in [1.54, 1.807) is 0 Å². The molecule has 0 unspecified atom stereocenters. The van der Waals surface area contributed by atoms with Gasteiger partial charge in [-0.1, -0.05) is 11.2 Å². The molecule has 0 radical (unpaired) electrons. The summed E-state index contributed by atoms with van der Waals surface area (Å²) in [7, 11) is 2.06. The first kappa shape index (κ1) is 9.21. The maximum Gasteiger partial charge on any atom is 0.412 e. The van der Waals surface area contributed by atoms with Crippen molar-refractivity contribution in [2.75, 3.05) is 18.5 Å². The minimum atomic E-state index is -0.399. The van der Waals surface area contributed by atoms with Crippen LogP contribution in [0.3, 0.4) is 0 Å². The molecule has 1 aromatic heterocycles. The molecule has 16 heavy (non-hydrogen) atoms. The number of aromatic nitrogens is 2. The lowest BCUT2D eigenvalue weighted by atomic mass is 10.1. The third-order valence-electron chi connectivity index (χ3n) is 2.87. The first-order chi connectivity index (χ1) is 7.74. The van der Waals surface area contributed by atoms with Crippen molar-refractivity contribution < 1.29 is 9.52 Å². The highest BCUT2D eigenvalue weighted by Gasteiger charge is 2.17. The maximum atomic E-state index is 9.01. The molecule has 82 valence electrons. The molecule has 0 saturated carbocycles. The Morgan fingerprint density at radius 2 is 2.25 bits per heavy atom. The van der Waals surface area contributed by atoms with Crippen LogP contribution in [0.15, 0.2) is 22.6 Å². The van der Waals surface area contributed by atoms with E-state index in [2.05, 4.69) is 28.2 Å². The van der Waals surface area contributed by atoms with E-state index in [0.717, 1.165) is 18.5 Å². The molecule has 1 N–H and O–H groups in total. The van der Waals surface area contributed by atoms with Gasteiger partial charge in [0.25, 0.3) is 5.89 Å². The third kappa shape index (κ3) is 1.32. The average molecular weight is 217 g/mol. The summed E-state index contributed by atoms with van der Waals surface area (Å²) in [6, 6.07) is 6.01. The van der Waals surface area contributed by atoms with Crippen LogP contribution in [0.1, 0.15) is 5.56 Å². The van der Waals surface area contributed by atoms with Gasteiger partial charge in [-0.05, 0) is 24.1 Å². The molecular weight excluding hydrogens is 206 g/mol. The maximum absolute atomic E-state index is 9.01. The molecule has 0 fully saturated rings. The number of fused-ring (bicyclic) bond motifs is 1. The van der Waals surface area contributed by atoms with Gasteiger partial charge in [-0.3, -0.25) is 0 Å². The van der Waals surface area contributed by atoms with Gasteiger partial charge in [0.05, 0.1) is 0 Å². The molecule has 0 aliphatic carbocycles. The fraction of sp³-hybridized carbons (Fsp3) is 0.273. The van der Waals surface area contributed by atoms with E-state index in [4.69, 9.17) is 9.52 Å². The quantitative estimate of drug-likeness (QED) is 0.783. The van der Waals surface area contributed by atoms with Gasteiger partial charge in [0.2, 0.25) is 0 Å². The van der Waals surface area contributed by atoms with Gasteiger partial charge >= 0.3 is 6.08 Å². The second-order valence-corrected chi connectivity index (χ2v) is 3.90. The van der Waals surface area contributed by atoms with Gasteiger partial charge in [0.1, 0.15) is 0 Å². The molecule has 0 saturated heterocycles. The van der Waals surface area contributed by atoms with Gasteiger partial charge in [0.15, 0.2) is 0 Å². The highest BCUT2D eigenvalue weighted by atomic mass is 16.5. The number of aromatic hydroxyl groups is 1. The zero-order valence-corrected chi connectivity index (χ0v) is 8.84. The monoisotopic (exact) mass is 217 g/mol. The lowest BCUT2D eigenvalue weighted by molar-refractivity contribution is 0.320. The summed E-state index contributed by atoms with van der Waals surface area (Å²) in [5.41, 5.74) is 3.35. The van der Waals surface area contributed by atoms with Crippen molar-refractivity contribution in [2.45, 2.75) is 6.42 Å². The summed E-state index contributed by atoms with van der Waals surface area (Å²) < 4.78 is 4.98. The fourth-order valence-corrected chi connectivity index (χ4v) is 2.00. The average Bonchev–Trinajstić information content (AvgIpc) is 2.86. The molecule has 1 aliphatic rings. The van der Waals surface area contributed by atoms with Gasteiger partial charge < -0.3 is 14.4 Å². The van der Waals surface area contributed by atoms with E-state index < -0.39 is 6.08 Å². The highest BCUT2D eigenvalue weighted by molar-refractivity contribution is 5.67. The third-order valence-corrected chi connectivity index (χ3v) is 2.87. The predicted molar refractivity (Wildman–Crippen MR) is 58.4 cm³/mol. The van der Waals surface area contributed by atoms with E-state index in [0.29, 0.717) is 5.89 Å². The number of hydrogen-bond acceptors (Lipinski definition) is 5. The Hall–Kier alpha value is -2.04. The number of hydrogen-bond donors (Lipinski definition) is 1. The van der Waals surface area contributed by atoms with Crippen molar-refractivity contribution >= 4 is 5.69 Å². The van der Waals surface area contributed by atoms with Crippen LogP contribution in [0.4, 0.5) is 5.69 Å².